The van der Waals surface area contributed by atoms with Gasteiger partial charge in [-0.1, -0.05) is 18.1 Å². The van der Waals surface area contributed by atoms with E-state index in [1.165, 1.54) is 5.56 Å². The molecule has 0 aromatic heterocycles. The monoisotopic (exact) mass is 662 g/mol. The summed E-state index contributed by atoms with van der Waals surface area (Å²) >= 11 is 0. The Morgan fingerprint density at radius 1 is 1.20 bits per heavy atom. The zero-order chi connectivity index (χ0) is 32.6. The normalized spacial score (nSPS) is 31.7. The summed E-state index contributed by atoms with van der Waals surface area (Å²) in [6.45, 7) is 5.47. The van der Waals surface area contributed by atoms with Gasteiger partial charge >= 0.3 is 18.2 Å². The van der Waals surface area contributed by atoms with Gasteiger partial charge in [0.05, 0.1) is 25.0 Å². The summed E-state index contributed by atoms with van der Waals surface area (Å²) < 4.78 is 87.9. The Morgan fingerprint density at radius 3 is 2.67 bits per heavy atom. The van der Waals surface area contributed by atoms with Crippen LogP contribution in [-0.2, 0) is 22.0 Å². The molecule has 1 aromatic carbocycles. The average Bonchev–Trinajstić information content (AvgIpc) is 3.32. The van der Waals surface area contributed by atoms with Crippen LogP contribution in [0.2, 0.25) is 0 Å². The molecule has 1 amide bonds. The lowest BCUT2D eigenvalue weighted by Crippen LogP contribution is -2.46. The summed E-state index contributed by atoms with van der Waals surface area (Å²) in [5.41, 5.74) is 2.98. The summed E-state index contributed by atoms with van der Waals surface area (Å²) in [7, 11) is -1.50. The number of hydrogen-bond acceptors (Lipinski definition) is 6. The Hall–Kier alpha value is -2.28. The van der Waals surface area contributed by atoms with Crippen molar-refractivity contribution in [1.82, 2.24) is 4.90 Å². The van der Waals surface area contributed by atoms with Crippen molar-refractivity contribution in [3.8, 4) is 5.75 Å². The molecule has 2 saturated carbocycles. The minimum Gasteiger partial charge on any atom is -0.411 e. The van der Waals surface area contributed by atoms with Gasteiger partial charge in [0, 0.05) is 40.7 Å². The second-order valence-corrected chi connectivity index (χ2v) is 15.1. The van der Waals surface area contributed by atoms with Crippen LogP contribution in [0, 0.1) is 23.2 Å². The number of amides is 1. The Bertz CT molecular complexity index is 1290. The molecular weight excluding hydrogens is 619 g/mol. The summed E-state index contributed by atoms with van der Waals surface area (Å²) in [4.78, 5) is 14.5. The summed E-state index contributed by atoms with van der Waals surface area (Å²) in [5.74, 6) is -3.21. The number of alkyl halides is 5. The number of nitrogens with zero attached hydrogens (tertiary/aromatic N) is 2. The molecule has 3 aliphatic carbocycles. The zero-order valence-electron chi connectivity index (χ0n) is 25.8. The van der Waals surface area contributed by atoms with Crippen LogP contribution in [0.4, 0.5) is 26.7 Å². The lowest BCUT2D eigenvalue weighted by Gasteiger charge is -2.52. The summed E-state index contributed by atoms with van der Waals surface area (Å²) in [5, 5.41) is 13.4. The number of benzene rings is 1. The molecule has 13 heteroatoms. The van der Waals surface area contributed by atoms with Gasteiger partial charge in [0.1, 0.15) is 5.75 Å². The van der Waals surface area contributed by atoms with Gasteiger partial charge in [-0.05, 0) is 105 Å². The quantitative estimate of drug-likeness (QED) is 0.170. The maximum absolute atomic E-state index is 13.3. The largest absolute Gasteiger partial charge is 0.453 e. The average molecular weight is 663 g/mol. The number of morpholine rings is 1. The number of carbonyl (C=O) groups excluding carboxylic acids is 1. The fraction of sp³-hybridized carbons (Fsp3) is 0.750. The number of ether oxygens (including phenoxy) is 2. The lowest BCUT2D eigenvalue weighted by atomic mass is 9.52. The van der Waals surface area contributed by atoms with Crippen molar-refractivity contribution in [1.29, 1.82) is 0 Å². The fourth-order valence-corrected chi connectivity index (χ4v) is 9.58. The van der Waals surface area contributed by atoms with Crippen LogP contribution in [0.5, 0.6) is 5.75 Å². The van der Waals surface area contributed by atoms with E-state index in [0.29, 0.717) is 37.8 Å². The molecule has 1 saturated heterocycles. The molecule has 2 unspecified atom stereocenters. The molecule has 4 aliphatic rings. The van der Waals surface area contributed by atoms with Crippen LogP contribution >= 0.6 is 0 Å². The molecule has 7 nitrogen and oxygen atoms in total. The Kier molecular flexibility index (Phi) is 10.2. The molecule has 7 atom stereocenters. The first kappa shape index (κ1) is 34.1. The maximum Gasteiger partial charge on any atom is 0.453 e. The SMILES string of the molecule is CC1CN(C(=O)Oc2ccc3c(c2)C[C@@H](CCCS(=O)CCCC(F)(F)C(F)(F)F)[C@@H]2[C@@H]3CC[C@]3(C)/C(=N\O)CC[C@@H]23)CCO1. The van der Waals surface area contributed by atoms with E-state index in [1.807, 2.05) is 19.1 Å². The molecule has 0 radical (unpaired) electrons. The van der Waals surface area contributed by atoms with Crippen molar-refractivity contribution in [2.24, 2.45) is 28.3 Å². The van der Waals surface area contributed by atoms with Crippen LogP contribution in [-0.4, -0.2) is 75.5 Å². The highest BCUT2D eigenvalue weighted by Crippen LogP contribution is 2.62. The van der Waals surface area contributed by atoms with Crippen molar-refractivity contribution in [2.45, 2.75) is 95.8 Å². The highest BCUT2D eigenvalue weighted by atomic mass is 32.2. The van der Waals surface area contributed by atoms with Gasteiger partial charge in [-0.2, -0.15) is 22.0 Å². The van der Waals surface area contributed by atoms with Gasteiger partial charge in [-0.25, -0.2) is 4.79 Å². The van der Waals surface area contributed by atoms with Crippen molar-refractivity contribution in [3.63, 3.8) is 0 Å². The molecule has 252 valence electrons. The number of hydrogen-bond donors (Lipinski definition) is 1. The molecule has 1 heterocycles. The maximum atomic E-state index is 13.3. The fourth-order valence-electron chi connectivity index (χ4n) is 8.42. The van der Waals surface area contributed by atoms with Crippen LogP contribution in [0.15, 0.2) is 23.4 Å². The highest BCUT2D eigenvalue weighted by molar-refractivity contribution is 7.84. The molecule has 0 bridgehead atoms. The van der Waals surface area contributed by atoms with E-state index in [0.717, 1.165) is 49.8 Å². The van der Waals surface area contributed by atoms with Crippen molar-refractivity contribution in [2.75, 3.05) is 31.2 Å². The van der Waals surface area contributed by atoms with E-state index < -0.39 is 41.8 Å². The second-order valence-electron chi connectivity index (χ2n) is 13.4. The van der Waals surface area contributed by atoms with Crippen molar-refractivity contribution < 1.29 is 45.6 Å². The molecular formula is C32H43F5N2O5S. The van der Waals surface area contributed by atoms with Gasteiger partial charge in [0.15, 0.2) is 0 Å². The second kappa shape index (κ2) is 13.4. The molecule has 45 heavy (non-hydrogen) atoms. The summed E-state index contributed by atoms with van der Waals surface area (Å²) in [6, 6.07) is 5.87. The highest BCUT2D eigenvalue weighted by Gasteiger charge is 2.57. The van der Waals surface area contributed by atoms with Crippen LogP contribution in [0.25, 0.3) is 0 Å². The van der Waals surface area contributed by atoms with E-state index in [1.54, 1.807) is 4.90 Å². The van der Waals surface area contributed by atoms with Crippen molar-refractivity contribution >= 4 is 22.6 Å². The number of oxime groups is 1. The molecule has 5 rings (SSSR count). The van der Waals surface area contributed by atoms with Gasteiger partial charge in [-0.15, -0.1) is 0 Å². The molecule has 1 N–H and O–H groups in total. The first-order valence-electron chi connectivity index (χ1n) is 16.0. The molecule has 1 aliphatic heterocycles. The van der Waals surface area contributed by atoms with Gasteiger partial charge < -0.3 is 19.6 Å². The summed E-state index contributed by atoms with van der Waals surface area (Å²) in [6.07, 6.45) is -2.46. The molecule has 3 fully saturated rings. The first-order valence-corrected chi connectivity index (χ1v) is 17.4. The van der Waals surface area contributed by atoms with E-state index in [-0.39, 0.29) is 40.8 Å². The van der Waals surface area contributed by atoms with E-state index >= 15 is 0 Å². The lowest BCUT2D eigenvalue weighted by molar-refractivity contribution is -0.284. The topological polar surface area (TPSA) is 88.4 Å². The van der Waals surface area contributed by atoms with Crippen LogP contribution in [0.3, 0.4) is 0 Å². The molecule has 1 aromatic rings. The van der Waals surface area contributed by atoms with Gasteiger partial charge in [-0.3, -0.25) is 4.21 Å². The molecule has 0 spiro atoms. The number of halogens is 5. The smallest absolute Gasteiger partial charge is 0.411 e. The van der Waals surface area contributed by atoms with Crippen LogP contribution in [0.1, 0.15) is 82.3 Å². The number of carbonyl (C=O) groups is 1. The van der Waals surface area contributed by atoms with E-state index in [9.17, 15) is 36.2 Å². The van der Waals surface area contributed by atoms with Gasteiger partial charge in [0.2, 0.25) is 0 Å². The Labute approximate surface area is 263 Å². The third kappa shape index (κ3) is 7.18. The number of rotatable bonds is 9. The standard InChI is InChI=1S/C32H43F5N2O5S/c1-20-19-39(13-14-43-20)29(40)44-23-6-7-24-22(18-23)17-21(5-3-15-45(42)16-4-11-31(33,34)32(35,36)37)28-25(24)10-12-30(2)26(28)8-9-27(30)38-41/h6-7,18,20-21,25-26,28,41H,3-5,8-17,19H2,1-2H3/b38-27-/t20?,21-,25-,26+,28-,30+,45?/m1/s1. The van der Waals surface area contributed by atoms with Crippen molar-refractivity contribution in [3.05, 3.63) is 29.3 Å². The van der Waals surface area contributed by atoms with E-state index in [4.69, 9.17) is 9.47 Å². The predicted octanol–water partition coefficient (Wildman–Crippen LogP) is 7.33. The Balaban J connectivity index is 1.28. The third-order valence-corrected chi connectivity index (χ3v) is 12.2. The van der Waals surface area contributed by atoms with Gasteiger partial charge in [0.25, 0.3) is 0 Å². The minimum absolute atomic E-state index is 0.0633. The third-order valence-electron chi connectivity index (χ3n) is 10.7. The van der Waals surface area contributed by atoms with E-state index in [2.05, 4.69) is 18.1 Å². The number of fused-ring (bicyclic) bond motifs is 5. The zero-order valence-corrected chi connectivity index (χ0v) is 26.6. The predicted molar refractivity (Wildman–Crippen MR) is 160 cm³/mol. The van der Waals surface area contributed by atoms with Crippen LogP contribution < -0.4 is 4.74 Å². The Morgan fingerprint density at radius 2 is 1.96 bits per heavy atom. The first-order chi connectivity index (χ1) is 21.2. The minimum atomic E-state index is -5.60.